The standard InChI is InChI=1S/C16H16O4S2/c1-11-3-7-14(8-4-11)21-12(2)22(19,20)15-9-5-13(6-10-15)16(17)18/h3-10,12H,1-2H3,(H,17,18)/t12-/m1/s1. The minimum absolute atomic E-state index is 0.0674. The minimum atomic E-state index is -3.52. The predicted octanol–water partition coefficient (Wildman–Crippen LogP) is 3.61. The highest BCUT2D eigenvalue weighted by Gasteiger charge is 2.24. The number of sulfone groups is 1. The lowest BCUT2D eigenvalue weighted by atomic mass is 10.2. The summed E-state index contributed by atoms with van der Waals surface area (Å²) in [6, 6.07) is 12.9. The van der Waals surface area contributed by atoms with Gasteiger partial charge in [0.1, 0.15) is 4.58 Å². The predicted molar refractivity (Wildman–Crippen MR) is 87.1 cm³/mol. The Bertz CT molecular complexity index is 763. The molecule has 0 saturated heterocycles. The molecule has 116 valence electrons. The Morgan fingerprint density at radius 3 is 2.09 bits per heavy atom. The molecule has 0 fully saturated rings. The second-order valence-corrected chi connectivity index (χ2v) is 8.85. The zero-order valence-corrected chi connectivity index (χ0v) is 13.8. The third kappa shape index (κ3) is 3.69. The zero-order valence-electron chi connectivity index (χ0n) is 12.2. The van der Waals surface area contributed by atoms with Crippen LogP contribution in [0.15, 0.2) is 58.3 Å². The number of aromatic carboxylic acids is 1. The van der Waals surface area contributed by atoms with Crippen LogP contribution < -0.4 is 0 Å². The molecule has 0 saturated carbocycles. The Labute approximate surface area is 134 Å². The van der Waals surface area contributed by atoms with Gasteiger partial charge in [0.25, 0.3) is 0 Å². The van der Waals surface area contributed by atoms with Crippen LogP contribution in [0.1, 0.15) is 22.8 Å². The molecule has 0 bridgehead atoms. The Morgan fingerprint density at radius 1 is 1.05 bits per heavy atom. The molecule has 0 amide bonds. The number of aryl methyl sites for hydroxylation is 1. The van der Waals surface area contributed by atoms with Crippen molar-refractivity contribution in [3.8, 4) is 0 Å². The van der Waals surface area contributed by atoms with Gasteiger partial charge in [0, 0.05) is 4.90 Å². The molecule has 0 spiro atoms. The first-order valence-electron chi connectivity index (χ1n) is 6.61. The van der Waals surface area contributed by atoms with Crippen molar-refractivity contribution in [2.75, 3.05) is 0 Å². The molecule has 0 heterocycles. The fraction of sp³-hybridized carbons (Fsp3) is 0.188. The molecule has 22 heavy (non-hydrogen) atoms. The molecule has 2 aromatic carbocycles. The summed E-state index contributed by atoms with van der Waals surface area (Å²) in [6.07, 6.45) is 0. The van der Waals surface area contributed by atoms with Gasteiger partial charge >= 0.3 is 5.97 Å². The number of benzene rings is 2. The Kier molecular flexibility index (Phi) is 4.93. The molecule has 0 aliphatic carbocycles. The fourth-order valence-corrected chi connectivity index (χ4v) is 4.60. The molecular formula is C16H16O4S2. The molecule has 0 aromatic heterocycles. The molecule has 2 rings (SSSR count). The molecule has 6 heteroatoms. The van der Waals surface area contributed by atoms with Gasteiger partial charge in [-0.2, -0.15) is 0 Å². The highest BCUT2D eigenvalue weighted by Crippen LogP contribution is 2.30. The molecule has 0 unspecified atom stereocenters. The van der Waals surface area contributed by atoms with Gasteiger partial charge in [-0.15, -0.1) is 11.8 Å². The van der Waals surface area contributed by atoms with Crippen LogP contribution in [0.4, 0.5) is 0 Å². The smallest absolute Gasteiger partial charge is 0.335 e. The molecule has 4 nitrogen and oxygen atoms in total. The van der Waals surface area contributed by atoms with E-state index in [2.05, 4.69) is 0 Å². The molecule has 0 aliphatic rings. The van der Waals surface area contributed by atoms with Crippen molar-refractivity contribution in [3.63, 3.8) is 0 Å². The summed E-state index contributed by atoms with van der Waals surface area (Å²) in [7, 11) is -3.52. The van der Waals surface area contributed by atoms with Gasteiger partial charge in [-0.05, 0) is 50.2 Å². The van der Waals surface area contributed by atoms with E-state index in [0.717, 1.165) is 10.5 Å². The third-order valence-corrected chi connectivity index (χ3v) is 6.92. The quantitative estimate of drug-likeness (QED) is 0.845. The summed E-state index contributed by atoms with van der Waals surface area (Å²) in [4.78, 5) is 11.8. The number of carboxylic acid groups (broad SMARTS) is 1. The largest absolute Gasteiger partial charge is 0.478 e. The normalized spacial score (nSPS) is 12.8. The SMILES string of the molecule is Cc1ccc(S[C@@H](C)S(=O)(=O)c2ccc(C(=O)O)cc2)cc1. The lowest BCUT2D eigenvalue weighted by molar-refractivity contribution is 0.0696. The van der Waals surface area contributed by atoms with Gasteiger partial charge in [0.05, 0.1) is 10.5 Å². The first-order valence-corrected chi connectivity index (χ1v) is 9.04. The maximum absolute atomic E-state index is 12.5. The van der Waals surface area contributed by atoms with Gasteiger partial charge in [-0.3, -0.25) is 0 Å². The van der Waals surface area contributed by atoms with E-state index in [9.17, 15) is 13.2 Å². The number of rotatable bonds is 5. The van der Waals surface area contributed by atoms with Crippen LogP contribution in [0, 0.1) is 6.92 Å². The lowest BCUT2D eigenvalue weighted by Crippen LogP contribution is -2.14. The van der Waals surface area contributed by atoms with E-state index in [1.165, 1.54) is 36.0 Å². The summed E-state index contributed by atoms with van der Waals surface area (Å²) in [5.74, 6) is -1.08. The Hall–Kier alpha value is -1.79. The topological polar surface area (TPSA) is 71.4 Å². The van der Waals surface area contributed by atoms with Crippen LogP contribution in [-0.2, 0) is 9.84 Å². The van der Waals surface area contributed by atoms with Crippen LogP contribution in [-0.4, -0.2) is 24.1 Å². The highest BCUT2D eigenvalue weighted by molar-refractivity contribution is 8.13. The van der Waals surface area contributed by atoms with E-state index in [-0.39, 0.29) is 10.5 Å². The Balaban J connectivity index is 2.21. The summed E-state index contributed by atoms with van der Waals surface area (Å²) in [5.41, 5.74) is 1.18. The van der Waals surface area contributed by atoms with Crippen LogP contribution in [0.3, 0.4) is 0 Å². The van der Waals surface area contributed by atoms with Crippen LogP contribution >= 0.6 is 11.8 Å². The van der Waals surface area contributed by atoms with E-state index < -0.39 is 20.4 Å². The molecule has 0 radical (unpaired) electrons. The molecule has 1 N–H and O–H groups in total. The molecular weight excluding hydrogens is 320 g/mol. The monoisotopic (exact) mass is 336 g/mol. The zero-order chi connectivity index (χ0) is 16.3. The van der Waals surface area contributed by atoms with Gasteiger partial charge in [-0.25, -0.2) is 13.2 Å². The summed E-state index contributed by atoms with van der Waals surface area (Å²) >= 11 is 1.26. The second-order valence-electron chi connectivity index (χ2n) is 4.87. The second kappa shape index (κ2) is 6.54. The molecule has 2 aromatic rings. The summed E-state index contributed by atoms with van der Waals surface area (Å²) in [6.45, 7) is 3.60. The van der Waals surface area contributed by atoms with Gasteiger partial charge in [0.2, 0.25) is 0 Å². The van der Waals surface area contributed by atoms with Crippen molar-refractivity contribution in [2.45, 2.75) is 28.2 Å². The van der Waals surface area contributed by atoms with E-state index in [0.29, 0.717) is 0 Å². The van der Waals surface area contributed by atoms with Crippen molar-refractivity contribution in [1.82, 2.24) is 0 Å². The van der Waals surface area contributed by atoms with E-state index in [4.69, 9.17) is 5.11 Å². The van der Waals surface area contributed by atoms with Crippen molar-refractivity contribution < 1.29 is 18.3 Å². The number of carbonyl (C=O) groups is 1. The van der Waals surface area contributed by atoms with E-state index in [1.807, 2.05) is 31.2 Å². The fourth-order valence-electron chi connectivity index (χ4n) is 1.85. The van der Waals surface area contributed by atoms with Gasteiger partial charge in [-0.1, -0.05) is 17.7 Å². The third-order valence-electron chi connectivity index (χ3n) is 3.19. The number of hydrogen-bond donors (Lipinski definition) is 1. The minimum Gasteiger partial charge on any atom is -0.478 e. The average molecular weight is 336 g/mol. The van der Waals surface area contributed by atoms with Crippen molar-refractivity contribution in [2.24, 2.45) is 0 Å². The number of carboxylic acids is 1. The molecule has 1 atom stereocenters. The van der Waals surface area contributed by atoms with Gasteiger partial charge in [0.15, 0.2) is 9.84 Å². The average Bonchev–Trinajstić information content (AvgIpc) is 2.49. The van der Waals surface area contributed by atoms with Crippen molar-refractivity contribution in [3.05, 3.63) is 59.7 Å². The van der Waals surface area contributed by atoms with Gasteiger partial charge < -0.3 is 5.11 Å². The molecule has 0 aliphatic heterocycles. The maximum atomic E-state index is 12.5. The Morgan fingerprint density at radius 2 is 1.59 bits per heavy atom. The number of hydrogen-bond acceptors (Lipinski definition) is 4. The van der Waals surface area contributed by atoms with Crippen LogP contribution in [0.5, 0.6) is 0 Å². The number of thioether (sulfide) groups is 1. The van der Waals surface area contributed by atoms with Crippen LogP contribution in [0.2, 0.25) is 0 Å². The van der Waals surface area contributed by atoms with Crippen molar-refractivity contribution >= 4 is 27.6 Å². The maximum Gasteiger partial charge on any atom is 0.335 e. The highest BCUT2D eigenvalue weighted by atomic mass is 32.3. The first kappa shape index (κ1) is 16.6. The summed E-state index contributed by atoms with van der Waals surface area (Å²) in [5, 5.41) is 8.85. The van der Waals surface area contributed by atoms with Crippen molar-refractivity contribution in [1.29, 1.82) is 0 Å². The van der Waals surface area contributed by atoms with E-state index >= 15 is 0 Å². The lowest BCUT2D eigenvalue weighted by Gasteiger charge is -2.13. The summed E-state index contributed by atoms with van der Waals surface area (Å²) < 4.78 is 24.4. The van der Waals surface area contributed by atoms with Crippen LogP contribution in [0.25, 0.3) is 0 Å². The van der Waals surface area contributed by atoms with E-state index in [1.54, 1.807) is 6.92 Å². The first-order chi connectivity index (χ1) is 10.3.